The van der Waals surface area contributed by atoms with Gasteiger partial charge in [0.1, 0.15) is 26.2 Å². The summed E-state index contributed by atoms with van der Waals surface area (Å²) in [6.45, 7) is 4.62. The maximum absolute atomic E-state index is 8.80. The predicted octanol–water partition coefficient (Wildman–Crippen LogP) is -7.38. The van der Waals surface area contributed by atoms with Gasteiger partial charge in [-0.25, -0.2) is 92.8 Å². The number of rotatable bonds is 26. The van der Waals surface area contributed by atoms with E-state index in [1.54, 1.807) is 0 Å². The Bertz CT molecular complexity index is 2620. The molecule has 0 radical (unpaired) electrons. The minimum absolute atomic E-state index is 0.347. The third-order valence-corrected chi connectivity index (χ3v) is 12.2. The van der Waals surface area contributed by atoms with Gasteiger partial charge in [0, 0.05) is 80.8 Å². The van der Waals surface area contributed by atoms with Gasteiger partial charge in [0.2, 0.25) is 0 Å². The van der Waals surface area contributed by atoms with Gasteiger partial charge in [0.25, 0.3) is 0 Å². The van der Waals surface area contributed by atoms with Crippen molar-refractivity contribution in [1.82, 2.24) is 0 Å². The summed E-state index contributed by atoms with van der Waals surface area (Å²) >= 11 is 0. The molecule has 4 aromatic heterocycles. The van der Waals surface area contributed by atoms with Crippen LogP contribution >= 0.6 is 0 Å². The van der Waals surface area contributed by atoms with Crippen LogP contribution in [0.3, 0.4) is 0 Å². The molecule has 0 fully saturated rings. The molecule has 84 heavy (non-hydrogen) atoms. The van der Waals surface area contributed by atoms with E-state index < -0.39 is 41.0 Å². The van der Waals surface area contributed by atoms with Crippen molar-refractivity contribution < 1.29 is 139 Å². The average Bonchev–Trinajstić information content (AvgIpc) is 3.56. The summed E-state index contributed by atoms with van der Waals surface area (Å²) in [6, 6.07) is 50.1. The van der Waals surface area contributed by atoms with E-state index in [2.05, 4.69) is 207 Å². The van der Waals surface area contributed by atoms with Crippen LogP contribution in [0.4, 0.5) is 0 Å². The van der Waals surface area contributed by atoms with E-state index in [4.69, 9.17) is 79.7 Å². The number of aromatic nitrogens is 4. The highest BCUT2D eigenvalue weighted by Crippen LogP contribution is 2.18. The standard InChI is InChI=1S/C30H42N2O.C29H32N2.4ClHO4/c33-27-12-7-5-3-1-2-4-6-11-21-31-23-17-29(18-24-31)30-19-25-32(26-20-30)22-13-16-28-14-9-8-10-15-28;1-3-10-26(11-4-1)14-7-8-20-30-22-16-28(17-23-30)29-18-24-31(25-19-29)21-9-15-27-12-5-2-6-13-27;4*2-1(3,4)5/h8-10,14-15,17-20,23-26,33H,1-7,11-13,16,21-22,27H2;1-6,10-13,16-19,22-25H,7-9,14-15,20-21H2;4*(H,2,3,4,5)/q2*+2;;;;/p-4. The summed E-state index contributed by atoms with van der Waals surface area (Å²) in [7, 11) is -19.8. The van der Waals surface area contributed by atoms with Crippen LogP contribution in [0, 0.1) is 41.0 Å². The van der Waals surface area contributed by atoms with E-state index >= 15 is 0 Å². The fraction of sp³-hybridized carbons (Fsp3) is 0.356. The first kappa shape index (κ1) is 74.8. The van der Waals surface area contributed by atoms with E-state index in [-0.39, 0.29) is 0 Å². The summed E-state index contributed by atoms with van der Waals surface area (Å²) in [5, 5.41) is 8.80. The number of hydrogen-bond donors (Lipinski definition) is 1. The van der Waals surface area contributed by atoms with E-state index in [9.17, 15) is 0 Å². The fourth-order valence-corrected chi connectivity index (χ4v) is 8.33. The molecule has 7 rings (SSSR count). The SMILES string of the molecule is OCCCCCCCCCCC[n+]1ccc(-c2cc[n+](CCCc3ccccc3)cc2)cc1.[O-][Cl+3]([O-])([O-])[O-].[O-][Cl+3]([O-])([O-])[O-].[O-][Cl+3]([O-])([O-])[O-].[O-][Cl+3]([O-])([O-])[O-].c1ccc(CCCC[n+]2ccc(-c3cc[n+](CCCc4ccccc4)cc3)cc2)cc1. The molecule has 0 aliphatic carbocycles. The maximum Gasteiger partial charge on any atom is 0.169 e. The number of aryl methyl sites for hydroxylation is 7. The summed E-state index contributed by atoms with van der Waals surface area (Å²) in [4.78, 5) is 0. The van der Waals surface area contributed by atoms with E-state index in [1.165, 1.54) is 103 Å². The minimum atomic E-state index is -4.94. The molecule has 0 amide bonds. The molecule has 21 nitrogen and oxygen atoms in total. The lowest BCUT2D eigenvalue weighted by Gasteiger charge is -2.17. The third-order valence-electron chi connectivity index (χ3n) is 12.2. The van der Waals surface area contributed by atoms with Crippen LogP contribution in [-0.4, -0.2) is 11.7 Å². The molecule has 0 aliphatic rings. The topological polar surface area (TPSA) is 405 Å². The molecule has 0 spiro atoms. The quantitative estimate of drug-likeness (QED) is 0.0389. The Morgan fingerprint density at radius 3 is 0.667 bits per heavy atom. The Kier molecular flexibility index (Phi) is 37.9. The lowest BCUT2D eigenvalue weighted by molar-refractivity contribution is -2.00. The van der Waals surface area contributed by atoms with Gasteiger partial charge in [0.05, 0.1) is 0 Å². The van der Waals surface area contributed by atoms with Crippen LogP contribution in [0.25, 0.3) is 22.3 Å². The van der Waals surface area contributed by atoms with Crippen LogP contribution in [-0.2, 0) is 45.4 Å². The summed E-state index contributed by atoms with van der Waals surface area (Å²) in [6.07, 6.45) is 37.2. The molecule has 0 aliphatic heterocycles. The van der Waals surface area contributed by atoms with Gasteiger partial charge in [-0.1, -0.05) is 130 Å². The zero-order valence-electron chi connectivity index (χ0n) is 46.5. The van der Waals surface area contributed by atoms with Crippen molar-refractivity contribution in [3.63, 3.8) is 0 Å². The lowest BCUT2D eigenvalue weighted by Crippen LogP contribution is -2.68. The summed E-state index contributed by atoms with van der Waals surface area (Å²) < 4.78 is 145. The molecule has 7 aromatic rings. The van der Waals surface area contributed by atoms with Crippen LogP contribution < -0.4 is 92.8 Å². The van der Waals surface area contributed by atoms with Gasteiger partial charge in [-0.15, -0.1) is 41.0 Å². The van der Waals surface area contributed by atoms with E-state index in [1.807, 2.05) is 0 Å². The van der Waals surface area contributed by atoms with Gasteiger partial charge in [-0.2, -0.15) is 0 Å². The number of hydrogen-bond acceptors (Lipinski definition) is 17. The molecular weight excluding hydrogens is 1180 g/mol. The number of aliphatic hydroxyl groups is 1. The Labute approximate surface area is 500 Å². The van der Waals surface area contributed by atoms with Crippen molar-refractivity contribution >= 4 is 0 Å². The van der Waals surface area contributed by atoms with E-state index in [0.717, 1.165) is 64.7 Å². The van der Waals surface area contributed by atoms with Crippen molar-refractivity contribution in [2.24, 2.45) is 0 Å². The number of pyridine rings is 4. The number of aliphatic hydroxyl groups excluding tert-OH is 1. The van der Waals surface area contributed by atoms with Gasteiger partial charge in [-0.05, 0) is 77.5 Å². The first-order valence-corrected chi connectivity index (χ1v) is 31.8. The smallest absolute Gasteiger partial charge is 0.169 e. The first-order valence-electron chi connectivity index (χ1n) is 26.9. The summed E-state index contributed by atoms with van der Waals surface area (Å²) in [5.74, 6) is 0. The van der Waals surface area contributed by atoms with Crippen LogP contribution in [0.5, 0.6) is 0 Å². The zero-order chi connectivity index (χ0) is 62.1. The minimum Gasteiger partial charge on any atom is -0.396 e. The number of benzene rings is 3. The lowest BCUT2D eigenvalue weighted by atomic mass is 10.1. The second kappa shape index (κ2) is 42.5. The van der Waals surface area contributed by atoms with Crippen LogP contribution in [0.2, 0.25) is 0 Å². The highest BCUT2D eigenvalue weighted by atomic mass is 35.7. The molecule has 25 heteroatoms. The Morgan fingerprint density at radius 2 is 0.429 bits per heavy atom. The molecule has 0 bridgehead atoms. The molecule has 0 unspecified atom stereocenters. The molecule has 460 valence electrons. The Hall–Kier alpha value is -5.26. The maximum atomic E-state index is 8.80. The Morgan fingerprint density at radius 1 is 0.238 bits per heavy atom. The van der Waals surface area contributed by atoms with Crippen molar-refractivity contribution in [3.05, 3.63) is 206 Å². The zero-order valence-corrected chi connectivity index (χ0v) is 49.6. The number of halogens is 4. The van der Waals surface area contributed by atoms with Gasteiger partial charge < -0.3 is 5.11 Å². The molecule has 0 atom stereocenters. The van der Waals surface area contributed by atoms with Gasteiger partial charge in [-0.3, -0.25) is 0 Å². The highest BCUT2D eigenvalue weighted by Gasteiger charge is 2.09. The second-order valence-corrected chi connectivity index (χ2v) is 21.9. The van der Waals surface area contributed by atoms with Crippen molar-refractivity contribution in [1.29, 1.82) is 0 Å². The molecular formula is C59H74Cl4N4O17. The third kappa shape index (κ3) is 46.1. The molecule has 4 heterocycles. The van der Waals surface area contributed by atoms with Crippen molar-refractivity contribution in [3.8, 4) is 22.3 Å². The number of nitrogens with zero attached hydrogens (tertiary/aromatic N) is 4. The second-order valence-electron chi connectivity index (χ2n) is 18.8. The van der Waals surface area contributed by atoms with Gasteiger partial charge >= 0.3 is 0 Å². The van der Waals surface area contributed by atoms with Crippen molar-refractivity contribution in [2.45, 2.75) is 129 Å². The molecule has 0 saturated carbocycles. The number of unbranched alkanes of at least 4 members (excludes halogenated alkanes) is 9. The average molecular weight is 1250 g/mol. The molecule has 3 aromatic carbocycles. The van der Waals surface area contributed by atoms with Gasteiger partial charge in [0.15, 0.2) is 49.6 Å². The largest absolute Gasteiger partial charge is 0.396 e. The van der Waals surface area contributed by atoms with E-state index in [0.29, 0.717) is 6.61 Å². The first-order chi connectivity index (χ1) is 39.7. The normalized spacial score (nSPS) is 11.2. The van der Waals surface area contributed by atoms with Crippen molar-refractivity contribution in [2.75, 3.05) is 6.61 Å². The Balaban J connectivity index is 0.000000434. The summed E-state index contributed by atoms with van der Waals surface area (Å²) in [5.41, 5.74) is 9.37. The highest BCUT2D eigenvalue weighted by molar-refractivity contribution is 5.61. The monoisotopic (exact) mass is 1250 g/mol. The predicted molar refractivity (Wildman–Crippen MR) is 262 cm³/mol. The van der Waals surface area contributed by atoms with Crippen LogP contribution in [0.15, 0.2) is 189 Å². The molecule has 0 saturated heterocycles. The van der Waals surface area contributed by atoms with Crippen LogP contribution in [0.1, 0.15) is 100 Å². The molecule has 1 N–H and O–H groups in total. The fourth-order valence-electron chi connectivity index (χ4n) is 8.33.